The zero-order valence-electron chi connectivity index (χ0n) is 11.0. The Balaban J connectivity index is 2.13. The predicted molar refractivity (Wildman–Crippen MR) is 76.1 cm³/mol. The fourth-order valence-corrected chi connectivity index (χ4v) is 2.31. The van der Waals surface area contributed by atoms with Gasteiger partial charge in [0.15, 0.2) is 0 Å². The third kappa shape index (κ3) is 2.29. The second-order valence-corrected chi connectivity index (χ2v) is 4.65. The van der Waals surface area contributed by atoms with Crippen molar-refractivity contribution in [1.82, 2.24) is 10.3 Å². The van der Waals surface area contributed by atoms with Gasteiger partial charge in [0, 0.05) is 18.0 Å². The van der Waals surface area contributed by atoms with Crippen molar-refractivity contribution in [3.63, 3.8) is 0 Å². The number of aliphatic hydroxyl groups is 1. The van der Waals surface area contributed by atoms with Crippen LogP contribution < -0.4 is 5.32 Å². The number of nitrogens with zero attached hydrogens (tertiary/aromatic N) is 1. The van der Waals surface area contributed by atoms with E-state index in [0.717, 1.165) is 0 Å². The van der Waals surface area contributed by atoms with E-state index in [-0.39, 0.29) is 11.3 Å². The topological polar surface area (TPSA) is 79.3 Å². The number of benzene rings is 1. The molecule has 1 aliphatic rings. The Morgan fingerprint density at radius 3 is 2.52 bits per heavy atom. The zero-order chi connectivity index (χ0) is 14.8. The molecule has 3 rings (SSSR count). The molecule has 5 heteroatoms. The van der Waals surface area contributed by atoms with Gasteiger partial charge in [0.05, 0.1) is 11.6 Å². The number of hydrogen-bond donors (Lipinski definition) is 2. The van der Waals surface area contributed by atoms with E-state index in [9.17, 15) is 14.7 Å². The lowest BCUT2D eigenvalue weighted by Gasteiger charge is -2.13. The van der Waals surface area contributed by atoms with Crippen LogP contribution in [-0.4, -0.2) is 21.8 Å². The van der Waals surface area contributed by atoms with Gasteiger partial charge in [0.2, 0.25) is 0 Å². The van der Waals surface area contributed by atoms with Gasteiger partial charge in [0.25, 0.3) is 11.7 Å². The molecule has 1 aromatic carbocycles. The molecule has 2 aromatic rings. The van der Waals surface area contributed by atoms with Crippen LogP contribution >= 0.6 is 0 Å². The quantitative estimate of drug-likeness (QED) is 0.499. The minimum atomic E-state index is -0.721. The first-order chi connectivity index (χ1) is 10.2. The van der Waals surface area contributed by atoms with Crippen LogP contribution in [0.3, 0.4) is 0 Å². The van der Waals surface area contributed by atoms with Gasteiger partial charge in [-0.3, -0.25) is 14.6 Å². The minimum Gasteiger partial charge on any atom is -0.507 e. The third-order valence-corrected chi connectivity index (χ3v) is 3.34. The lowest BCUT2D eigenvalue weighted by molar-refractivity contribution is -0.133. The van der Waals surface area contributed by atoms with Gasteiger partial charge in [0.1, 0.15) is 5.76 Å². The van der Waals surface area contributed by atoms with E-state index in [0.29, 0.717) is 11.1 Å². The Morgan fingerprint density at radius 1 is 1.10 bits per heavy atom. The number of aliphatic hydroxyl groups excluding tert-OH is 1. The van der Waals surface area contributed by atoms with Crippen molar-refractivity contribution in [3.8, 4) is 0 Å². The third-order valence-electron chi connectivity index (χ3n) is 3.34. The monoisotopic (exact) mass is 280 g/mol. The standard InChI is InChI=1S/C16H12N2O3/c19-14(10-5-2-1-3-6-10)12-13(18-16(21)15(12)20)11-7-4-8-17-9-11/h1-9,13,19H,(H,18,21). The Morgan fingerprint density at radius 2 is 1.86 bits per heavy atom. The van der Waals surface area contributed by atoms with Crippen molar-refractivity contribution < 1.29 is 14.7 Å². The molecule has 1 atom stereocenters. The summed E-state index contributed by atoms with van der Waals surface area (Å²) < 4.78 is 0. The van der Waals surface area contributed by atoms with Crippen LogP contribution in [0, 0.1) is 0 Å². The highest BCUT2D eigenvalue weighted by molar-refractivity contribution is 6.46. The van der Waals surface area contributed by atoms with Crippen LogP contribution in [0.15, 0.2) is 60.4 Å². The van der Waals surface area contributed by atoms with Gasteiger partial charge in [-0.1, -0.05) is 36.4 Å². The van der Waals surface area contributed by atoms with E-state index in [2.05, 4.69) is 10.3 Å². The minimum absolute atomic E-state index is 0.0548. The first kappa shape index (κ1) is 13.1. The van der Waals surface area contributed by atoms with Gasteiger partial charge in [-0.25, -0.2) is 0 Å². The smallest absolute Gasteiger partial charge is 0.293 e. The normalized spacial score (nSPS) is 20.3. The summed E-state index contributed by atoms with van der Waals surface area (Å²) in [5, 5.41) is 13.0. The molecule has 0 bridgehead atoms. The summed E-state index contributed by atoms with van der Waals surface area (Å²) >= 11 is 0. The highest BCUT2D eigenvalue weighted by Crippen LogP contribution is 2.32. The number of nitrogens with one attached hydrogen (secondary N) is 1. The van der Waals surface area contributed by atoms with Gasteiger partial charge in [-0.2, -0.15) is 0 Å². The Kier molecular flexibility index (Phi) is 3.23. The van der Waals surface area contributed by atoms with Gasteiger partial charge < -0.3 is 10.4 Å². The summed E-state index contributed by atoms with van der Waals surface area (Å²) in [6.07, 6.45) is 3.16. The van der Waals surface area contributed by atoms with Crippen molar-refractivity contribution in [2.75, 3.05) is 0 Å². The molecule has 0 aliphatic carbocycles. The molecule has 0 saturated carbocycles. The van der Waals surface area contributed by atoms with Crippen molar-refractivity contribution >= 4 is 17.4 Å². The van der Waals surface area contributed by atoms with Crippen LogP contribution in [0.5, 0.6) is 0 Å². The van der Waals surface area contributed by atoms with Crippen molar-refractivity contribution in [2.45, 2.75) is 6.04 Å². The van der Waals surface area contributed by atoms with E-state index in [4.69, 9.17) is 0 Å². The highest BCUT2D eigenvalue weighted by Gasteiger charge is 2.39. The molecular weight excluding hydrogens is 268 g/mol. The maximum atomic E-state index is 12.1. The summed E-state index contributed by atoms with van der Waals surface area (Å²) in [6.45, 7) is 0. The summed E-state index contributed by atoms with van der Waals surface area (Å²) in [6, 6.07) is 11.4. The largest absolute Gasteiger partial charge is 0.507 e. The Labute approximate surface area is 121 Å². The molecule has 0 spiro atoms. The maximum Gasteiger partial charge on any atom is 0.293 e. The highest BCUT2D eigenvalue weighted by atomic mass is 16.3. The first-order valence-corrected chi connectivity index (χ1v) is 6.42. The molecule has 2 heterocycles. The average Bonchev–Trinajstić information content (AvgIpc) is 2.84. The van der Waals surface area contributed by atoms with Crippen LogP contribution in [0.1, 0.15) is 17.2 Å². The van der Waals surface area contributed by atoms with Gasteiger partial charge in [-0.15, -0.1) is 0 Å². The van der Waals surface area contributed by atoms with Crippen LogP contribution in [-0.2, 0) is 9.59 Å². The van der Waals surface area contributed by atoms with Gasteiger partial charge in [-0.05, 0) is 11.6 Å². The fourth-order valence-electron chi connectivity index (χ4n) is 2.31. The SMILES string of the molecule is O=C1NC(c2cccnc2)C(=C(O)c2ccccc2)C1=O. The number of carbonyl (C=O) groups is 2. The molecule has 1 unspecified atom stereocenters. The number of amides is 1. The molecule has 1 fully saturated rings. The zero-order valence-corrected chi connectivity index (χ0v) is 11.0. The molecule has 21 heavy (non-hydrogen) atoms. The van der Waals surface area contributed by atoms with E-state index in [1.807, 2.05) is 0 Å². The van der Waals surface area contributed by atoms with E-state index < -0.39 is 17.7 Å². The Bertz CT molecular complexity index is 724. The van der Waals surface area contributed by atoms with Crippen molar-refractivity contribution in [3.05, 3.63) is 71.6 Å². The molecule has 104 valence electrons. The lowest BCUT2D eigenvalue weighted by atomic mass is 9.97. The summed E-state index contributed by atoms with van der Waals surface area (Å²) in [7, 11) is 0. The maximum absolute atomic E-state index is 12.1. The average molecular weight is 280 g/mol. The number of rotatable bonds is 2. The Hall–Kier alpha value is -2.95. The number of aromatic nitrogens is 1. The van der Waals surface area contributed by atoms with Gasteiger partial charge >= 0.3 is 0 Å². The van der Waals surface area contributed by atoms with E-state index in [1.165, 1.54) is 0 Å². The molecule has 1 amide bonds. The van der Waals surface area contributed by atoms with Crippen molar-refractivity contribution in [2.24, 2.45) is 0 Å². The molecule has 1 aliphatic heterocycles. The molecule has 5 nitrogen and oxygen atoms in total. The number of hydrogen-bond acceptors (Lipinski definition) is 4. The molecule has 1 aromatic heterocycles. The van der Waals surface area contributed by atoms with Crippen molar-refractivity contribution in [1.29, 1.82) is 0 Å². The summed E-state index contributed by atoms with van der Waals surface area (Å²) in [4.78, 5) is 27.7. The first-order valence-electron chi connectivity index (χ1n) is 6.42. The van der Waals surface area contributed by atoms with Crippen LogP contribution in [0.2, 0.25) is 0 Å². The number of carbonyl (C=O) groups excluding carboxylic acids is 2. The number of pyridine rings is 1. The molecule has 1 saturated heterocycles. The fraction of sp³-hybridized carbons (Fsp3) is 0.0625. The molecule has 0 radical (unpaired) electrons. The predicted octanol–water partition coefficient (Wildman–Crippen LogP) is 1.79. The molecular formula is C16H12N2O3. The van der Waals surface area contributed by atoms with Crippen LogP contribution in [0.25, 0.3) is 5.76 Å². The number of ketones is 1. The summed E-state index contributed by atoms with van der Waals surface area (Å²) in [5.74, 6) is -1.63. The summed E-state index contributed by atoms with van der Waals surface area (Å²) in [5.41, 5.74) is 1.19. The lowest BCUT2D eigenvalue weighted by Crippen LogP contribution is -2.21. The second-order valence-electron chi connectivity index (χ2n) is 4.65. The number of Topliss-reactive ketones (excluding diaryl/α,β-unsaturated/α-hetero) is 1. The van der Waals surface area contributed by atoms with E-state index >= 15 is 0 Å². The second kappa shape index (κ2) is 5.20. The molecule has 2 N–H and O–H groups in total. The van der Waals surface area contributed by atoms with E-state index in [1.54, 1.807) is 54.9 Å². The van der Waals surface area contributed by atoms with Crippen LogP contribution in [0.4, 0.5) is 0 Å².